The van der Waals surface area contributed by atoms with Gasteiger partial charge in [0.05, 0.1) is 0 Å². The van der Waals surface area contributed by atoms with Gasteiger partial charge in [0.1, 0.15) is 0 Å². The average molecular weight is 320 g/mol. The fraction of sp³-hybridized carbons (Fsp3) is 0.818. The molecule has 1 aliphatic rings. The van der Waals surface area contributed by atoms with Crippen LogP contribution in [0, 0.1) is 17.8 Å². The van der Waals surface area contributed by atoms with Crippen molar-refractivity contribution in [2.24, 2.45) is 17.8 Å². The molecule has 1 aliphatic heterocycles. The summed E-state index contributed by atoms with van der Waals surface area (Å²) in [5.41, 5.74) is 3.33. The highest BCUT2D eigenvalue weighted by Crippen LogP contribution is 2.32. The van der Waals surface area contributed by atoms with Crippen molar-refractivity contribution in [3.8, 4) is 0 Å². The van der Waals surface area contributed by atoms with Gasteiger partial charge in [-0.25, -0.2) is 0 Å². The Morgan fingerprint density at radius 2 is 1.91 bits per heavy atom. The molecule has 0 radical (unpaired) electrons. The SMILES string of the molecule is CC=C/C(CC)=C(/CN1CCC(CCC)C1)C(CCC)C(C)C. The van der Waals surface area contributed by atoms with Crippen molar-refractivity contribution >= 4 is 0 Å². The minimum atomic E-state index is 0.741. The number of allylic oxidation sites excluding steroid dienone is 3. The highest BCUT2D eigenvalue weighted by molar-refractivity contribution is 5.29. The summed E-state index contributed by atoms with van der Waals surface area (Å²) in [7, 11) is 0. The molecule has 0 amide bonds. The molecule has 1 nitrogen and oxygen atoms in total. The molecule has 0 N–H and O–H groups in total. The van der Waals surface area contributed by atoms with Crippen molar-refractivity contribution in [1.29, 1.82) is 0 Å². The van der Waals surface area contributed by atoms with Crippen LogP contribution in [0.15, 0.2) is 23.3 Å². The van der Waals surface area contributed by atoms with Crippen molar-refractivity contribution in [2.75, 3.05) is 19.6 Å². The molecule has 0 aromatic carbocycles. The molecular formula is C22H41N. The molecular weight excluding hydrogens is 278 g/mol. The van der Waals surface area contributed by atoms with Gasteiger partial charge in [-0.3, -0.25) is 4.90 Å². The van der Waals surface area contributed by atoms with Gasteiger partial charge >= 0.3 is 0 Å². The molecule has 0 aromatic rings. The summed E-state index contributed by atoms with van der Waals surface area (Å²) in [6.07, 6.45) is 12.5. The van der Waals surface area contributed by atoms with E-state index in [4.69, 9.17) is 0 Å². The van der Waals surface area contributed by atoms with Gasteiger partial charge in [0.2, 0.25) is 0 Å². The van der Waals surface area contributed by atoms with Gasteiger partial charge in [0.25, 0.3) is 0 Å². The van der Waals surface area contributed by atoms with Crippen LogP contribution in [0.25, 0.3) is 0 Å². The second-order valence-corrected chi connectivity index (χ2v) is 7.72. The molecule has 0 saturated carbocycles. The van der Waals surface area contributed by atoms with Crippen LogP contribution >= 0.6 is 0 Å². The van der Waals surface area contributed by atoms with E-state index in [2.05, 4.69) is 58.6 Å². The van der Waals surface area contributed by atoms with Crippen LogP contribution in [-0.4, -0.2) is 24.5 Å². The molecule has 134 valence electrons. The van der Waals surface area contributed by atoms with Crippen LogP contribution in [0.2, 0.25) is 0 Å². The van der Waals surface area contributed by atoms with E-state index in [0.29, 0.717) is 0 Å². The van der Waals surface area contributed by atoms with Crippen molar-refractivity contribution in [2.45, 2.75) is 80.1 Å². The number of nitrogens with zero attached hydrogens (tertiary/aromatic N) is 1. The molecule has 1 fully saturated rings. The van der Waals surface area contributed by atoms with Gasteiger partial charge in [-0.05, 0) is 68.1 Å². The lowest BCUT2D eigenvalue weighted by atomic mass is 9.81. The molecule has 1 heterocycles. The maximum atomic E-state index is 2.74. The predicted molar refractivity (Wildman–Crippen MR) is 105 cm³/mol. The maximum Gasteiger partial charge on any atom is 0.0201 e. The van der Waals surface area contributed by atoms with E-state index < -0.39 is 0 Å². The maximum absolute atomic E-state index is 2.74. The third kappa shape index (κ3) is 6.45. The van der Waals surface area contributed by atoms with Crippen LogP contribution in [0.1, 0.15) is 80.1 Å². The van der Waals surface area contributed by atoms with Crippen LogP contribution in [0.3, 0.4) is 0 Å². The fourth-order valence-corrected chi connectivity index (χ4v) is 4.27. The van der Waals surface area contributed by atoms with Crippen LogP contribution in [0.4, 0.5) is 0 Å². The molecule has 1 heteroatoms. The third-order valence-corrected chi connectivity index (χ3v) is 5.47. The average Bonchev–Trinajstić information content (AvgIpc) is 2.96. The quantitative estimate of drug-likeness (QED) is 0.417. The Balaban J connectivity index is 2.96. The van der Waals surface area contributed by atoms with Crippen LogP contribution < -0.4 is 0 Å². The molecule has 2 atom stereocenters. The lowest BCUT2D eigenvalue weighted by Crippen LogP contribution is -2.28. The van der Waals surface area contributed by atoms with Gasteiger partial charge in [-0.15, -0.1) is 0 Å². The Hall–Kier alpha value is -0.560. The first-order chi connectivity index (χ1) is 11.1. The zero-order valence-electron chi connectivity index (χ0n) is 16.7. The van der Waals surface area contributed by atoms with Crippen molar-refractivity contribution in [3.05, 3.63) is 23.3 Å². The smallest absolute Gasteiger partial charge is 0.0201 e. The zero-order valence-corrected chi connectivity index (χ0v) is 16.7. The first kappa shape index (κ1) is 20.5. The molecule has 23 heavy (non-hydrogen) atoms. The highest BCUT2D eigenvalue weighted by atomic mass is 15.1. The Bertz CT molecular complexity index is 377. The van der Waals surface area contributed by atoms with E-state index in [0.717, 1.165) is 17.8 Å². The largest absolute Gasteiger partial charge is 0.299 e. The number of hydrogen-bond donors (Lipinski definition) is 0. The number of hydrogen-bond acceptors (Lipinski definition) is 1. The second kappa shape index (κ2) is 11.1. The molecule has 1 saturated heterocycles. The van der Waals surface area contributed by atoms with Crippen molar-refractivity contribution < 1.29 is 0 Å². The standard InChI is InChI=1S/C22H41N/c1-7-11-19-14-15-23(16-19)17-22(20(10-4)12-8-2)21(13-9-3)18(5)6/h8,12,18-19,21H,7,9-11,13-17H2,1-6H3/b12-8?,22-20-. The molecule has 0 aliphatic carbocycles. The molecule has 0 spiro atoms. The van der Waals surface area contributed by atoms with Crippen LogP contribution in [-0.2, 0) is 0 Å². The normalized spacial score (nSPS) is 22.1. The predicted octanol–water partition coefficient (Wildman–Crippen LogP) is 6.46. The number of likely N-dealkylation sites (tertiary alicyclic amines) is 1. The summed E-state index contributed by atoms with van der Waals surface area (Å²) in [5, 5.41) is 0. The van der Waals surface area contributed by atoms with Gasteiger partial charge in [0.15, 0.2) is 0 Å². The molecule has 0 bridgehead atoms. The number of rotatable bonds is 10. The van der Waals surface area contributed by atoms with E-state index in [-0.39, 0.29) is 0 Å². The van der Waals surface area contributed by atoms with Gasteiger partial charge in [-0.1, -0.05) is 59.6 Å². The van der Waals surface area contributed by atoms with Crippen molar-refractivity contribution in [1.82, 2.24) is 4.90 Å². The lowest BCUT2D eigenvalue weighted by molar-refractivity contribution is 0.309. The second-order valence-electron chi connectivity index (χ2n) is 7.72. The summed E-state index contributed by atoms with van der Waals surface area (Å²) in [6.45, 7) is 17.8. The van der Waals surface area contributed by atoms with Crippen molar-refractivity contribution in [3.63, 3.8) is 0 Å². The Morgan fingerprint density at radius 3 is 2.43 bits per heavy atom. The topological polar surface area (TPSA) is 3.24 Å². The van der Waals surface area contributed by atoms with Gasteiger partial charge in [0, 0.05) is 13.1 Å². The van der Waals surface area contributed by atoms with Gasteiger partial charge < -0.3 is 0 Å². The molecule has 2 unspecified atom stereocenters. The summed E-state index contributed by atoms with van der Waals surface area (Å²) in [6, 6.07) is 0. The Morgan fingerprint density at radius 1 is 1.17 bits per heavy atom. The third-order valence-electron chi connectivity index (χ3n) is 5.47. The first-order valence-corrected chi connectivity index (χ1v) is 10.1. The Labute approximate surface area is 146 Å². The molecule has 1 rings (SSSR count). The van der Waals surface area contributed by atoms with E-state index >= 15 is 0 Å². The summed E-state index contributed by atoms with van der Waals surface area (Å²) >= 11 is 0. The highest BCUT2D eigenvalue weighted by Gasteiger charge is 2.26. The van der Waals surface area contributed by atoms with E-state index in [1.54, 1.807) is 11.1 Å². The fourth-order valence-electron chi connectivity index (χ4n) is 4.27. The van der Waals surface area contributed by atoms with E-state index in [1.807, 2.05) is 0 Å². The summed E-state index contributed by atoms with van der Waals surface area (Å²) in [5.74, 6) is 2.43. The minimum Gasteiger partial charge on any atom is -0.299 e. The molecule has 0 aromatic heterocycles. The Kier molecular flexibility index (Phi) is 9.86. The zero-order chi connectivity index (χ0) is 17.2. The van der Waals surface area contributed by atoms with Gasteiger partial charge in [-0.2, -0.15) is 0 Å². The van der Waals surface area contributed by atoms with E-state index in [9.17, 15) is 0 Å². The first-order valence-electron chi connectivity index (χ1n) is 10.1. The van der Waals surface area contributed by atoms with Crippen LogP contribution in [0.5, 0.6) is 0 Å². The van der Waals surface area contributed by atoms with E-state index in [1.165, 1.54) is 58.2 Å². The minimum absolute atomic E-state index is 0.741. The monoisotopic (exact) mass is 319 g/mol. The summed E-state index contributed by atoms with van der Waals surface area (Å²) < 4.78 is 0. The lowest BCUT2D eigenvalue weighted by Gasteiger charge is -2.30. The summed E-state index contributed by atoms with van der Waals surface area (Å²) in [4.78, 5) is 2.74.